The van der Waals surface area contributed by atoms with Crippen LogP contribution in [0, 0.1) is 13.8 Å². The molecule has 2 N–H and O–H groups in total. The van der Waals surface area contributed by atoms with Crippen molar-refractivity contribution >= 4 is 29.1 Å². The second-order valence-electron chi connectivity index (χ2n) is 4.23. The number of carboxylic acid groups (broad SMARTS) is 1. The van der Waals surface area contributed by atoms with E-state index in [0.29, 0.717) is 5.82 Å². The number of nitrogens with zero attached hydrogens (tertiary/aromatic N) is 1. The van der Waals surface area contributed by atoms with Gasteiger partial charge in [0, 0.05) is 11.9 Å². The van der Waals surface area contributed by atoms with Crippen molar-refractivity contribution in [1.29, 1.82) is 0 Å². The second-order valence-corrected chi connectivity index (χ2v) is 4.63. The lowest BCUT2D eigenvalue weighted by atomic mass is 10.1. The summed E-state index contributed by atoms with van der Waals surface area (Å²) in [6, 6.07) is 7.28. The Kier molecular flexibility index (Phi) is 3.71. The molecule has 19 heavy (non-hydrogen) atoms. The zero-order valence-electron chi connectivity index (χ0n) is 10.6. The highest BCUT2D eigenvalue weighted by molar-refractivity contribution is 6.33. The minimum atomic E-state index is -1.07. The van der Waals surface area contributed by atoms with E-state index in [0.717, 1.165) is 16.8 Å². The molecule has 0 aliphatic heterocycles. The lowest BCUT2D eigenvalue weighted by Crippen LogP contribution is -2.02. The zero-order valence-corrected chi connectivity index (χ0v) is 11.3. The van der Waals surface area contributed by atoms with Gasteiger partial charge in [-0.3, -0.25) is 0 Å². The summed E-state index contributed by atoms with van der Waals surface area (Å²) < 4.78 is 0. The SMILES string of the molecule is Cc1cccc(Nc2cc(C(=O)O)c(Cl)cn2)c1C. The second kappa shape index (κ2) is 5.28. The molecule has 1 heterocycles. The third kappa shape index (κ3) is 2.85. The summed E-state index contributed by atoms with van der Waals surface area (Å²) in [6.45, 7) is 4.00. The quantitative estimate of drug-likeness (QED) is 0.895. The molecule has 98 valence electrons. The van der Waals surface area contributed by atoms with E-state index in [-0.39, 0.29) is 10.6 Å². The summed E-state index contributed by atoms with van der Waals surface area (Å²) in [5, 5.41) is 12.2. The van der Waals surface area contributed by atoms with Gasteiger partial charge in [-0.1, -0.05) is 23.7 Å². The van der Waals surface area contributed by atoms with Crippen LogP contribution < -0.4 is 5.32 Å². The Labute approximate surface area is 116 Å². The smallest absolute Gasteiger partial charge is 0.337 e. The van der Waals surface area contributed by atoms with Crippen molar-refractivity contribution in [3.63, 3.8) is 0 Å². The fourth-order valence-corrected chi connectivity index (χ4v) is 1.88. The molecule has 5 heteroatoms. The molecule has 2 rings (SSSR count). The van der Waals surface area contributed by atoms with Gasteiger partial charge in [-0.05, 0) is 37.1 Å². The van der Waals surface area contributed by atoms with Crippen LogP contribution in [0.1, 0.15) is 21.5 Å². The third-order valence-corrected chi connectivity index (χ3v) is 3.25. The molecule has 4 nitrogen and oxygen atoms in total. The van der Waals surface area contributed by atoms with Gasteiger partial charge in [-0.2, -0.15) is 0 Å². The van der Waals surface area contributed by atoms with Crippen molar-refractivity contribution in [2.75, 3.05) is 5.32 Å². The van der Waals surface area contributed by atoms with Crippen molar-refractivity contribution in [3.05, 3.63) is 52.2 Å². The minimum Gasteiger partial charge on any atom is -0.478 e. The Bertz CT molecular complexity index is 641. The Morgan fingerprint density at radius 1 is 1.37 bits per heavy atom. The molecule has 1 aromatic carbocycles. The van der Waals surface area contributed by atoms with Crippen LogP contribution in [0.3, 0.4) is 0 Å². The molecule has 0 fully saturated rings. The number of hydrogen-bond acceptors (Lipinski definition) is 3. The van der Waals surface area contributed by atoms with Crippen LogP contribution in [0.2, 0.25) is 5.02 Å². The van der Waals surface area contributed by atoms with Crippen LogP contribution in [0.15, 0.2) is 30.5 Å². The van der Waals surface area contributed by atoms with Gasteiger partial charge in [0.2, 0.25) is 0 Å². The number of aromatic carboxylic acids is 1. The van der Waals surface area contributed by atoms with Gasteiger partial charge in [-0.25, -0.2) is 9.78 Å². The molecule has 0 radical (unpaired) electrons. The lowest BCUT2D eigenvalue weighted by Gasteiger charge is -2.11. The largest absolute Gasteiger partial charge is 0.478 e. The Balaban J connectivity index is 2.36. The maximum absolute atomic E-state index is 11.0. The van der Waals surface area contributed by atoms with E-state index in [2.05, 4.69) is 10.3 Å². The van der Waals surface area contributed by atoms with Crippen molar-refractivity contribution in [3.8, 4) is 0 Å². The molecule has 0 aliphatic rings. The molecule has 0 aliphatic carbocycles. The number of carbonyl (C=O) groups is 1. The Morgan fingerprint density at radius 2 is 2.11 bits per heavy atom. The summed E-state index contributed by atoms with van der Waals surface area (Å²) in [7, 11) is 0. The number of rotatable bonds is 3. The van der Waals surface area contributed by atoms with Gasteiger partial charge in [0.15, 0.2) is 0 Å². The number of pyridine rings is 1. The highest BCUT2D eigenvalue weighted by Crippen LogP contribution is 2.24. The average molecular weight is 277 g/mol. The maximum Gasteiger partial charge on any atom is 0.337 e. The van der Waals surface area contributed by atoms with Crippen LogP contribution in [-0.4, -0.2) is 16.1 Å². The molecule has 0 amide bonds. The number of benzene rings is 1. The van der Waals surface area contributed by atoms with Gasteiger partial charge in [0.25, 0.3) is 0 Å². The molecular weight excluding hydrogens is 264 g/mol. The number of aromatic nitrogens is 1. The normalized spacial score (nSPS) is 10.3. The number of anilines is 2. The predicted molar refractivity (Wildman–Crippen MR) is 75.4 cm³/mol. The van der Waals surface area contributed by atoms with Crippen LogP contribution in [0.5, 0.6) is 0 Å². The Hall–Kier alpha value is -2.07. The first-order valence-electron chi connectivity index (χ1n) is 5.71. The van der Waals surface area contributed by atoms with Gasteiger partial charge in [0.1, 0.15) is 5.82 Å². The van der Waals surface area contributed by atoms with E-state index < -0.39 is 5.97 Å². The first-order valence-corrected chi connectivity index (χ1v) is 6.09. The van der Waals surface area contributed by atoms with Crippen molar-refractivity contribution in [2.45, 2.75) is 13.8 Å². The summed E-state index contributed by atoms with van der Waals surface area (Å²) in [5.74, 6) is -0.619. The van der Waals surface area contributed by atoms with E-state index in [9.17, 15) is 4.79 Å². The lowest BCUT2D eigenvalue weighted by molar-refractivity contribution is 0.0697. The number of nitrogens with one attached hydrogen (secondary N) is 1. The van der Waals surface area contributed by atoms with Gasteiger partial charge in [0.05, 0.1) is 10.6 Å². The van der Waals surface area contributed by atoms with Gasteiger partial charge < -0.3 is 10.4 Å². The molecule has 2 aromatic rings. The van der Waals surface area contributed by atoms with Gasteiger partial charge >= 0.3 is 5.97 Å². The highest BCUT2D eigenvalue weighted by Gasteiger charge is 2.11. The van der Waals surface area contributed by atoms with Crippen molar-refractivity contribution in [2.24, 2.45) is 0 Å². The average Bonchev–Trinajstić information content (AvgIpc) is 2.37. The van der Waals surface area contributed by atoms with Crippen LogP contribution in [-0.2, 0) is 0 Å². The van der Waals surface area contributed by atoms with Crippen molar-refractivity contribution in [1.82, 2.24) is 4.98 Å². The Morgan fingerprint density at radius 3 is 2.79 bits per heavy atom. The van der Waals surface area contributed by atoms with E-state index in [4.69, 9.17) is 16.7 Å². The molecule has 0 unspecified atom stereocenters. The topological polar surface area (TPSA) is 62.2 Å². The summed E-state index contributed by atoms with van der Waals surface area (Å²) in [5.41, 5.74) is 3.17. The van der Waals surface area contributed by atoms with E-state index in [1.54, 1.807) is 0 Å². The number of halogens is 1. The standard InChI is InChI=1S/C14H13ClN2O2/c1-8-4-3-5-12(9(8)2)17-13-6-10(14(18)19)11(15)7-16-13/h3-7H,1-2H3,(H,16,17)(H,18,19). The first-order chi connectivity index (χ1) is 8.99. The van der Waals surface area contributed by atoms with E-state index in [1.165, 1.54) is 12.3 Å². The number of hydrogen-bond donors (Lipinski definition) is 2. The minimum absolute atomic E-state index is 0.0319. The first kappa shape index (κ1) is 13.4. The molecule has 0 atom stereocenters. The molecule has 0 saturated carbocycles. The predicted octanol–water partition coefficient (Wildman–Crippen LogP) is 3.79. The molecule has 1 aromatic heterocycles. The van der Waals surface area contributed by atoms with E-state index in [1.807, 2.05) is 32.0 Å². The summed E-state index contributed by atoms with van der Waals surface area (Å²) in [6.07, 6.45) is 1.33. The zero-order chi connectivity index (χ0) is 14.0. The molecule has 0 bridgehead atoms. The monoisotopic (exact) mass is 276 g/mol. The fraction of sp³-hybridized carbons (Fsp3) is 0.143. The van der Waals surface area contributed by atoms with E-state index >= 15 is 0 Å². The van der Waals surface area contributed by atoms with Crippen molar-refractivity contribution < 1.29 is 9.90 Å². The van der Waals surface area contributed by atoms with Crippen LogP contribution in [0.4, 0.5) is 11.5 Å². The van der Waals surface area contributed by atoms with Gasteiger partial charge in [-0.15, -0.1) is 0 Å². The molecular formula is C14H13ClN2O2. The number of carboxylic acids is 1. The third-order valence-electron chi connectivity index (χ3n) is 2.95. The molecule has 0 spiro atoms. The number of aryl methyl sites for hydroxylation is 1. The summed E-state index contributed by atoms with van der Waals surface area (Å²) in [4.78, 5) is 15.1. The van der Waals surface area contributed by atoms with Crippen LogP contribution in [0.25, 0.3) is 0 Å². The highest BCUT2D eigenvalue weighted by atomic mass is 35.5. The molecule has 0 saturated heterocycles. The van der Waals surface area contributed by atoms with Crippen LogP contribution >= 0.6 is 11.6 Å². The maximum atomic E-state index is 11.0. The fourth-order valence-electron chi connectivity index (χ4n) is 1.70. The summed E-state index contributed by atoms with van der Waals surface area (Å²) >= 11 is 5.78.